The molecule has 0 heterocycles. The van der Waals surface area contributed by atoms with E-state index in [4.69, 9.17) is 4.79 Å². The van der Waals surface area contributed by atoms with Crippen LogP contribution in [0.4, 0.5) is 4.70 Å². The third-order valence-corrected chi connectivity index (χ3v) is 0. The van der Waals surface area contributed by atoms with Crippen molar-refractivity contribution in [2.75, 3.05) is 0 Å². The van der Waals surface area contributed by atoms with Crippen molar-refractivity contribution in [1.29, 1.82) is 0 Å². The maximum absolute atomic E-state index is 8.57. The van der Waals surface area contributed by atoms with Crippen LogP contribution in [-0.2, 0) is 4.79 Å². The molecule has 0 saturated carbocycles. The number of hydrogen-bond acceptors (Lipinski definition) is 1. The van der Waals surface area contributed by atoms with Crippen LogP contribution < -0.4 is 0 Å². The predicted molar refractivity (Wildman–Crippen MR) is 15.1 cm³/mol. The average Bonchev–Trinajstić information content (AvgIpc) is 0.918. The fraction of sp³-hybridized carbons (Fsp3) is 0. The van der Waals surface area contributed by atoms with Crippen molar-refractivity contribution in [2.24, 2.45) is 0 Å². The van der Waals surface area contributed by atoms with Crippen LogP contribution in [0.3, 0.4) is 0 Å². The standard InChI is InChI=1S/CHClO.FH/c2-1-3;/h1H;1H. The Morgan fingerprint density at radius 1 is 1.75 bits per heavy atom. The van der Waals surface area contributed by atoms with Crippen LogP contribution in [0.1, 0.15) is 0 Å². The smallest absolute Gasteiger partial charge is 0.208 e. The second-order valence-electron chi connectivity index (χ2n) is 0.0891. The molecule has 0 aliphatic carbocycles. The Bertz CT molecular complexity index is 15.5. The molecule has 3 heteroatoms. The van der Waals surface area contributed by atoms with Gasteiger partial charge in [0.05, 0.1) is 0 Å². The molecule has 0 radical (unpaired) electrons. The van der Waals surface area contributed by atoms with Crippen LogP contribution in [0.2, 0.25) is 0 Å². The van der Waals surface area contributed by atoms with Crippen molar-refractivity contribution >= 4 is 17.3 Å². The van der Waals surface area contributed by atoms with Crippen molar-refractivity contribution in [3.8, 4) is 0 Å². The summed E-state index contributed by atoms with van der Waals surface area (Å²) in [6.07, 6.45) is 0. The Hall–Kier alpha value is -0.110. The van der Waals surface area contributed by atoms with Crippen molar-refractivity contribution in [1.82, 2.24) is 0 Å². The molecule has 26 valence electrons. The Labute approximate surface area is 27.9 Å². The summed E-state index contributed by atoms with van der Waals surface area (Å²) in [6.45, 7) is 0. The zero-order valence-electron chi connectivity index (χ0n) is 1.77. The predicted octanol–water partition coefficient (Wildman–Crippen LogP) is 0.568. The molecule has 0 rings (SSSR count). The lowest BCUT2D eigenvalue weighted by Gasteiger charge is -1.20. The molecule has 0 bridgehead atoms. The quantitative estimate of drug-likeness (QED) is 0.310. The third-order valence-electron chi connectivity index (χ3n) is 0. The number of carbonyl (C=O) groups excluding carboxylic acids is 1. The first kappa shape index (κ1) is 9.10. The second-order valence-corrected chi connectivity index (χ2v) is 0.267. The van der Waals surface area contributed by atoms with E-state index in [1.807, 2.05) is 0 Å². The van der Waals surface area contributed by atoms with E-state index in [2.05, 4.69) is 11.6 Å². The van der Waals surface area contributed by atoms with Gasteiger partial charge in [-0.05, 0) is 11.6 Å². The summed E-state index contributed by atoms with van der Waals surface area (Å²) < 4.78 is 0. The molecule has 4 heavy (non-hydrogen) atoms. The highest BCUT2D eigenvalue weighted by atomic mass is 35.5. The van der Waals surface area contributed by atoms with Crippen molar-refractivity contribution in [3.05, 3.63) is 0 Å². The van der Waals surface area contributed by atoms with E-state index in [1.54, 1.807) is 0 Å². The SMILES string of the molecule is F.O=CCl. The summed E-state index contributed by atoms with van der Waals surface area (Å²) in [5.74, 6) is 0.222. The molecule has 0 aliphatic heterocycles. The zero-order valence-corrected chi connectivity index (χ0v) is 2.53. The summed E-state index contributed by atoms with van der Waals surface area (Å²) in [5.41, 5.74) is 0. The minimum Gasteiger partial charge on any atom is -0.285 e. The minimum atomic E-state index is 0. The van der Waals surface area contributed by atoms with E-state index < -0.39 is 0 Å². The molecule has 0 aromatic carbocycles. The summed E-state index contributed by atoms with van der Waals surface area (Å²) in [7, 11) is 0. The van der Waals surface area contributed by atoms with Gasteiger partial charge in [0, 0.05) is 0 Å². The lowest BCUT2D eigenvalue weighted by Crippen LogP contribution is -1.24. The minimum absolute atomic E-state index is 0. The number of rotatable bonds is 0. The number of carbonyl (C=O) groups is 1. The third kappa shape index (κ3) is 124. The van der Waals surface area contributed by atoms with Gasteiger partial charge in [-0.25, -0.2) is 0 Å². The molecule has 0 amide bonds. The van der Waals surface area contributed by atoms with E-state index >= 15 is 0 Å². The Morgan fingerprint density at radius 3 is 1.75 bits per heavy atom. The highest BCUT2D eigenvalue weighted by Gasteiger charge is 1.28. The number of hydrogen-bond donors (Lipinski definition) is 0. The van der Waals surface area contributed by atoms with Gasteiger partial charge < -0.3 is 0 Å². The summed E-state index contributed by atoms with van der Waals surface area (Å²) >= 11 is 4.32. The second kappa shape index (κ2) is 13.0. The van der Waals surface area contributed by atoms with Gasteiger partial charge in [0.25, 0.3) is 0 Å². The molecule has 0 fully saturated rings. The van der Waals surface area contributed by atoms with Crippen molar-refractivity contribution < 1.29 is 9.50 Å². The van der Waals surface area contributed by atoms with E-state index in [0.29, 0.717) is 0 Å². The van der Waals surface area contributed by atoms with Crippen LogP contribution >= 0.6 is 11.6 Å². The van der Waals surface area contributed by atoms with E-state index in [9.17, 15) is 0 Å². The molecule has 0 aromatic heterocycles. The molecule has 1 nitrogen and oxygen atoms in total. The van der Waals surface area contributed by atoms with Gasteiger partial charge in [-0.3, -0.25) is 9.50 Å². The summed E-state index contributed by atoms with van der Waals surface area (Å²) in [4.78, 5) is 8.57. The van der Waals surface area contributed by atoms with Crippen molar-refractivity contribution in [2.45, 2.75) is 0 Å². The van der Waals surface area contributed by atoms with E-state index in [0.717, 1.165) is 0 Å². The number of halogens is 2. The maximum Gasteiger partial charge on any atom is 0.208 e. The van der Waals surface area contributed by atoms with Crippen LogP contribution in [-0.4, -0.2) is 5.75 Å². The Balaban J connectivity index is 0. The zero-order chi connectivity index (χ0) is 2.71. The molecule has 0 aromatic rings. The van der Waals surface area contributed by atoms with Gasteiger partial charge in [0.2, 0.25) is 5.75 Å². The monoisotopic (exact) mass is 84.0 g/mol. The lowest BCUT2D eigenvalue weighted by molar-refractivity contribution is 0.569. The van der Waals surface area contributed by atoms with Crippen molar-refractivity contribution in [3.63, 3.8) is 0 Å². The van der Waals surface area contributed by atoms with Gasteiger partial charge in [0.15, 0.2) is 0 Å². The van der Waals surface area contributed by atoms with E-state index in [-0.39, 0.29) is 10.4 Å². The largest absolute Gasteiger partial charge is 0.285 e. The highest BCUT2D eigenvalue weighted by molar-refractivity contribution is 6.54. The summed E-state index contributed by atoms with van der Waals surface area (Å²) in [6, 6.07) is 0. The molecule has 0 unspecified atom stereocenters. The van der Waals surface area contributed by atoms with Crippen LogP contribution in [0.5, 0.6) is 0 Å². The lowest BCUT2D eigenvalue weighted by atomic mass is 11.8. The summed E-state index contributed by atoms with van der Waals surface area (Å²) in [5, 5.41) is 0. The average molecular weight is 84.5 g/mol. The maximum atomic E-state index is 8.57. The topological polar surface area (TPSA) is 17.1 Å². The highest BCUT2D eigenvalue weighted by Crippen LogP contribution is 1.42. The molecular formula is CH2ClFO. The molecule has 0 atom stereocenters. The normalized spacial score (nSPS) is 3.25. The van der Waals surface area contributed by atoms with Gasteiger partial charge >= 0.3 is 0 Å². The van der Waals surface area contributed by atoms with Gasteiger partial charge in [-0.1, -0.05) is 0 Å². The Morgan fingerprint density at radius 2 is 1.75 bits per heavy atom. The molecule has 0 N–H and O–H groups in total. The fourth-order valence-corrected chi connectivity index (χ4v) is 0. The van der Waals surface area contributed by atoms with Gasteiger partial charge in [-0.15, -0.1) is 0 Å². The van der Waals surface area contributed by atoms with E-state index in [1.165, 1.54) is 0 Å². The fourth-order valence-electron chi connectivity index (χ4n) is 0. The molecule has 0 spiro atoms. The molecule has 0 saturated heterocycles. The van der Waals surface area contributed by atoms with Crippen LogP contribution in [0, 0.1) is 0 Å². The van der Waals surface area contributed by atoms with Gasteiger partial charge in [0.1, 0.15) is 0 Å². The van der Waals surface area contributed by atoms with Crippen LogP contribution in [0.25, 0.3) is 0 Å². The molecule has 0 aliphatic rings. The van der Waals surface area contributed by atoms with Gasteiger partial charge in [-0.2, -0.15) is 0 Å². The Kier molecular flexibility index (Phi) is 29.6. The molecular weight excluding hydrogens is 82.5 g/mol. The van der Waals surface area contributed by atoms with Crippen LogP contribution in [0.15, 0.2) is 0 Å². The first-order chi connectivity index (χ1) is 1.41. The first-order valence-corrected chi connectivity index (χ1v) is 0.890. The first-order valence-electron chi connectivity index (χ1n) is 0.454.